The van der Waals surface area contributed by atoms with Gasteiger partial charge in [-0.15, -0.1) is 0 Å². The van der Waals surface area contributed by atoms with Crippen molar-refractivity contribution in [2.24, 2.45) is 11.0 Å². The van der Waals surface area contributed by atoms with E-state index in [1.54, 1.807) is 51.5 Å². The average molecular weight is 766 g/mol. The smallest absolute Gasteiger partial charge is 0.412 e. The van der Waals surface area contributed by atoms with Crippen molar-refractivity contribution in [2.75, 3.05) is 59.8 Å². The molecule has 2 aromatic carbocycles. The molecule has 4 heterocycles. The fourth-order valence-electron chi connectivity index (χ4n) is 6.89. The van der Waals surface area contributed by atoms with Gasteiger partial charge in [0.1, 0.15) is 36.7 Å². The number of carbonyl (C=O) groups excluding carboxylic acids is 3. The Labute approximate surface area is 325 Å². The third-order valence-electron chi connectivity index (χ3n) is 9.47. The molecule has 2 saturated heterocycles. The number of hydrogen-bond donors (Lipinski definition) is 5. The minimum atomic E-state index is -0.737. The number of aromatic nitrogens is 2. The van der Waals surface area contributed by atoms with E-state index in [1.165, 1.54) is 6.20 Å². The van der Waals surface area contributed by atoms with Crippen LogP contribution < -0.4 is 31.1 Å². The normalized spacial score (nSPS) is 18.7. The number of benzene rings is 2. The van der Waals surface area contributed by atoms with Gasteiger partial charge in [0, 0.05) is 49.4 Å². The summed E-state index contributed by atoms with van der Waals surface area (Å²) in [7, 11) is 0. The molecule has 4 aromatic rings. The van der Waals surface area contributed by atoms with Crippen LogP contribution in [-0.2, 0) is 20.8 Å². The molecule has 6 rings (SSSR count). The van der Waals surface area contributed by atoms with Crippen molar-refractivity contribution in [1.82, 2.24) is 15.3 Å². The van der Waals surface area contributed by atoms with Crippen molar-refractivity contribution in [3.8, 4) is 0 Å². The molecule has 0 saturated carbocycles. The zero-order chi connectivity index (χ0) is 39.7. The van der Waals surface area contributed by atoms with E-state index < -0.39 is 23.7 Å². The number of nitrogens with one attached hydrogen (secondary N) is 4. The Balaban J connectivity index is 1.28. The summed E-state index contributed by atoms with van der Waals surface area (Å²) in [5.74, 6) is -0.545. The Kier molecular flexibility index (Phi) is 12.7. The average Bonchev–Trinajstić information content (AvgIpc) is 3.17. The lowest BCUT2D eigenvalue weighted by Gasteiger charge is -2.42. The third-order valence-corrected chi connectivity index (χ3v) is 9.47. The van der Waals surface area contributed by atoms with Crippen molar-refractivity contribution in [1.29, 1.82) is 5.53 Å². The second kappa shape index (κ2) is 18.0. The van der Waals surface area contributed by atoms with Crippen molar-refractivity contribution in [3.63, 3.8) is 0 Å². The van der Waals surface area contributed by atoms with Gasteiger partial charge in [-0.05, 0) is 50.6 Å². The summed E-state index contributed by atoms with van der Waals surface area (Å²) in [5.41, 5.74) is 10.1. The number of nitrogens with zero attached hydrogens (tertiary/aromatic N) is 5. The first-order chi connectivity index (χ1) is 27.0. The summed E-state index contributed by atoms with van der Waals surface area (Å²) >= 11 is 0. The summed E-state index contributed by atoms with van der Waals surface area (Å²) in [5, 5.41) is 14.8. The van der Waals surface area contributed by atoms with E-state index in [-0.39, 0.29) is 36.0 Å². The highest BCUT2D eigenvalue weighted by molar-refractivity contribution is 6.11. The highest BCUT2D eigenvalue weighted by Gasteiger charge is 2.39. The molecule has 2 aliphatic rings. The van der Waals surface area contributed by atoms with Gasteiger partial charge in [-0.2, -0.15) is 5.11 Å². The monoisotopic (exact) mass is 765 g/mol. The van der Waals surface area contributed by atoms with Crippen molar-refractivity contribution in [2.45, 2.75) is 52.0 Å². The highest BCUT2D eigenvalue weighted by Crippen LogP contribution is 2.31. The molecule has 2 aromatic heterocycles. The van der Waals surface area contributed by atoms with Gasteiger partial charge in [0.2, 0.25) is 0 Å². The lowest BCUT2D eigenvalue weighted by atomic mass is 9.89. The second-order valence-corrected chi connectivity index (χ2v) is 14.8. The van der Waals surface area contributed by atoms with Gasteiger partial charge < -0.3 is 40.0 Å². The number of quaternary nitrogens is 1. The maximum Gasteiger partial charge on any atom is 0.412 e. The molecule has 2 aliphatic heterocycles. The van der Waals surface area contributed by atoms with Crippen LogP contribution in [-0.4, -0.2) is 85.1 Å². The molecule has 16 heteroatoms. The quantitative estimate of drug-likeness (QED) is 0.126. The van der Waals surface area contributed by atoms with Gasteiger partial charge in [-0.1, -0.05) is 43.3 Å². The van der Waals surface area contributed by atoms with Gasteiger partial charge in [0.05, 0.1) is 42.0 Å². The van der Waals surface area contributed by atoms with E-state index in [1.807, 2.05) is 53.8 Å². The number of anilines is 4. The Bertz CT molecular complexity index is 2050. The second-order valence-electron chi connectivity index (χ2n) is 14.8. The lowest BCUT2D eigenvalue weighted by Crippen LogP contribution is -2.92. The number of nitrogens with two attached hydrogens (primary N) is 1. The summed E-state index contributed by atoms with van der Waals surface area (Å²) in [6, 6.07) is 18.2. The third kappa shape index (κ3) is 10.3. The van der Waals surface area contributed by atoms with Crippen LogP contribution in [0.2, 0.25) is 0 Å². The first-order valence-electron chi connectivity index (χ1n) is 18.6. The van der Waals surface area contributed by atoms with Crippen molar-refractivity contribution in [3.05, 3.63) is 96.7 Å². The number of pyridine rings is 2. The molecule has 0 radical (unpaired) electrons. The van der Waals surface area contributed by atoms with Gasteiger partial charge in [-0.25, -0.2) is 20.1 Å². The van der Waals surface area contributed by atoms with Gasteiger partial charge in [0.15, 0.2) is 5.69 Å². The van der Waals surface area contributed by atoms with Crippen LogP contribution in [0.15, 0.2) is 90.6 Å². The summed E-state index contributed by atoms with van der Waals surface area (Å²) in [4.78, 5) is 53.8. The Morgan fingerprint density at radius 2 is 1.79 bits per heavy atom. The van der Waals surface area contributed by atoms with Crippen LogP contribution in [0.25, 0.3) is 10.9 Å². The van der Waals surface area contributed by atoms with Crippen LogP contribution in [0.1, 0.15) is 43.7 Å². The number of amides is 3. The first kappa shape index (κ1) is 39.6. The van der Waals surface area contributed by atoms with Crippen LogP contribution >= 0.6 is 0 Å². The Morgan fingerprint density at radius 1 is 1.00 bits per heavy atom. The number of carbonyl (C=O) groups is 3. The molecule has 294 valence electrons. The number of morpholine rings is 1. The molecular weight excluding hydrogens is 717 g/mol. The molecule has 2 fully saturated rings. The van der Waals surface area contributed by atoms with E-state index in [9.17, 15) is 14.4 Å². The zero-order valence-corrected chi connectivity index (χ0v) is 32.0. The van der Waals surface area contributed by atoms with E-state index in [0.29, 0.717) is 43.2 Å². The Hall–Kier alpha value is -6.13. The molecule has 0 aliphatic carbocycles. The maximum absolute atomic E-state index is 14.3. The number of hydrogen-bond acceptors (Lipinski definition) is 12. The molecular formula is C40H49N10O6+. The summed E-state index contributed by atoms with van der Waals surface area (Å²) < 4.78 is 16.6. The van der Waals surface area contributed by atoms with E-state index in [4.69, 9.17) is 24.7 Å². The first-order valence-corrected chi connectivity index (χ1v) is 18.6. The lowest BCUT2D eigenvalue weighted by molar-refractivity contribution is -0.638. The molecule has 1 unspecified atom stereocenters. The van der Waals surface area contributed by atoms with Gasteiger partial charge >= 0.3 is 12.2 Å². The minimum absolute atomic E-state index is 0.0131. The minimum Gasteiger partial charge on any atom is -0.444 e. The van der Waals surface area contributed by atoms with Crippen molar-refractivity contribution >= 4 is 51.7 Å². The Morgan fingerprint density at radius 3 is 2.54 bits per heavy atom. The molecule has 6 N–H and O–H groups in total. The van der Waals surface area contributed by atoms with Gasteiger partial charge in [-0.3, -0.25) is 15.1 Å². The standard InChI is InChI=1S/C40H48N10O6/c1-26-23-50(24-33(35(26)43-14-15-44-41)48-39(53)56-40(2,3)4)34-12-13-42-22-32(34)46-37(51)36-31(47-38(52)55-25-27-8-6-5-7-9-27)20-28-10-11-29(21-30(28)45-36)49-16-18-54-19-17-49/h5-15,20-22,26,33,35,41,43H,16-19,23-25H2,1-4H3,(H,46,51)(H,47,52)(H,48,53)/p+1/b15-14-,44-41?/t26-,33?,35-/m0/s1. The number of rotatable bonds is 11. The van der Waals surface area contributed by atoms with Crippen LogP contribution in [0, 0.1) is 11.4 Å². The van der Waals surface area contributed by atoms with Gasteiger partial charge in [0.25, 0.3) is 5.91 Å². The number of alkyl carbamates (subject to hydrolysis) is 1. The molecule has 0 bridgehead atoms. The topological polar surface area (TPSA) is 200 Å². The van der Waals surface area contributed by atoms with Crippen molar-refractivity contribution < 1.29 is 33.9 Å². The molecule has 56 heavy (non-hydrogen) atoms. The van der Waals surface area contributed by atoms with E-state index in [2.05, 4.69) is 42.8 Å². The number of piperidine rings is 1. The highest BCUT2D eigenvalue weighted by atomic mass is 16.6. The molecule has 0 spiro atoms. The summed E-state index contributed by atoms with van der Waals surface area (Å²) in [6.45, 7) is 11.2. The number of fused-ring (bicyclic) bond motifs is 1. The fourth-order valence-corrected chi connectivity index (χ4v) is 6.89. The molecule has 3 amide bonds. The zero-order valence-electron chi connectivity index (χ0n) is 32.0. The fraction of sp³-hybridized carbons (Fsp3) is 0.375. The summed E-state index contributed by atoms with van der Waals surface area (Å²) in [6.07, 6.45) is 5.00. The molecule has 16 nitrogen and oxygen atoms in total. The van der Waals surface area contributed by atoms with Crippen LogP contribution in [0.5, 0.6) is 0 Å². The van der Waals surface area contributed by atoms with E-state index >= 15 is 0 Å². The number of ether oxygens (including phenoxy) is 3. The molecule has 3 atom stereocenters. The maximum atomic E-state index is 14.3. The predicted molar refractivity (Wildman–Crippen MR) is 212 cm³/mol. The van der Waals surface area contributed by atoms with Crippen LogP contribution in [0.3, 0.4) is 0 Å². The predicted octanol–water partition coefficient (Wildman–Crippen LogP) is 5.25. The van der Waals surface area contributed by atoms with Crippen LogP contribution in [0.4, 0.5) is 32.3 Å². The SMILES string of the molecule is C[C@H]1CN(c2ccncc2NC(=O)c2nc3cc(N4CCOCC4)ccc3cc2NC(=O)OCc2ccccc2)CC(NC(=O)OC(C)(C)C)[C@H]1[NH2+]/C=C\N=N. The largest absolute Gasteiger partial charge is 0.444 e. The van der Waals surface area contributed by atoms with E-state index in [0.717, 1.165) is 29.7 Å².